The van der Waals surface area contributed by atoms with Gasteiger partial charge in [0.15, 0.2) is 17.5 Å². The molecule has 88 valence electrons. The number of hydrogen-bond donors (Lipinski definition) is 1. The molecule has 0 saturated carbocycles. The van der Waals surface area contributed by atoms with Crippen molar-refractivity contribution in [1.82, 2.24) is 5.32 Å². The minimum atomic E-state index is -1.57. The van der Waals surface area contributed by atoms with Gasteiger partial charge in [0.25, 0.3) is 5.91 Å². The number of alkyl halides is 1. The molecule has 1 amide bonds. The summed E-state index contributed by atoms with van der Waals surface area (Å²) in [5.41, 5.74) is -0.231. The summed E-state index contributed by atoms with van der Waals surface area (Å²) in [6, 6.07) is 1.34. The highest BCUT2D eigenvalue weighted by Crippen LogP contribution is 2.13. The van der Waals surface area contributed by atoms with Crippen molar-refractivity contribution in [3.63, 3.8) is 0 Å². The van der Waals surface area contributed by atoms with E-state index in [1.165, 1.54) is 0 Å². The molecule has 0 saturated heterocycles. The van der Waals surface area contributed by atoms with E-state index in [1.807, 2.05) is 0 Å². The number of amides is 1. The first-order chi connectivity index (χ1) is 7.56. The number of carbonyl (C=O) groups excluding carboxylic acids is 1. The van der Waals surface area contributed by atoms with Crippen molar-refractivity contribution in [3.8, 4) is 0 Å². The smallest absolute Gasteiger partial charge is 0.251 e. The van der Waals surface area contributed by atoms with Crippen molar-refractivity contribution in [2.75, 3.05) is 11.9 Å². The molecule has 2 nitrogen and oxygen atoms in total. The van der Waals surface area contributed by atoms with Gasteiger partial charge in [-0.2, -0.15) is 0 Å². The fourth-order valence-electron chi connectivity index (χ4n) is 1.06. The van der Waals surface area contributed by atoms with Crippen LogP contribution in [0.1, 0.15) is 16.8 Å². The lowest BCUT2D eigenvalue weighted by Gasteiger charge is -2.04. The number of nitrogens with one attached hydrogen (secondary N) is 1. The average molecular weight is 296 g/mol. The van der Waals surface area contributed by atoms with E-state index in [0.29, 0.717) is 30.4 Å². The third-order valence-electron chi connectivity index (χ3n) is 1.84. The molecule has 0 aromatic heterocycles. The molecule has 1 N–H and O–H groups in total. The van der Waals surface area contributed by atoms with Gasteiger partial charge in [0, 0.05) is 17.4 Å². The molecule has 16 heavy (non-hydrogen) atoms. The zero-order chi connectivity index (χ0) is 12.1. The van der Waals surface area contributed by atoms with Crippen LogP contribution in [0.4, 0.5) is 13.2 Å². The summed E-state index contributed by atoms with van der Waals surface area (Å²) in [6.07, 6.45) is 0.692. The monoisotopic (exact) mass is 295 g/mol. The molecule has 0 aliphatic rings. The van der Waals surface area contributed by atoms with Crippen LogP contribution >= 0.6 is 15.9 Å². The Morgan fingerprint density at radius 2 is 1.81 bits per heavy atom. The zero-order valence-electron chi connectivity index (χ0n) is 8.20. The van der Waals surface area contributed by atoms with Gasteiger partial charge in [-0.25, -0.2) is 13.2 Å². The molecule has 0 heterocycles. The molecule has 0 radical (unpaired) electrons. The Morgan fingerprint density at radius 3 is 2.31 bits per heavy atom. The lowest BCUT2D eigenvalue weighted by molar-refractivity contribution is 0.0952. The lowest BCUT2D eigenvalue weighted by Crippen LogP contribution is -2.25. The normalized spacial score (nSPS) is 10.2. The Morgan fingerprint density at radius 1 is 1.25 bits per heavy atom. The molecule has 1 aromatic rings. The minimum Gasteiger partial charge on any atom is -0.352 e. The van der Waals surface area contributed by atoms with Crippen LogP contribution in [-0.2, 0) is 0 Å². The molecule has 0 aliphatic heterocycles. The van der Waals surface area contributed by atoms with E-state index in [4.69, 9.17) is 0 Å². The van der Waals surface area contributed by atoms with Crippen LogP contribution in [-0.4, -0.2) is 17.8 Å². The number of carbonyl (C=O) groups is 1. The van der Waals surface area contributed by atoms with Crippen molar-refractivity contribution in [2.45, 2.75) is 6.42 Å². The van der Waals surface area contributed by atoms with E-state index in [-0.39, 0.29) is 5.56 Å². The van der Waals surface area contributed by atoms with Crippen LogP contribution in [0.3, 0.4) is 0 Å². The first-order valence-corrected chi connectivity index (χ1v) is 5.67. The summed E-state index contributed by atoms with van der Waals surface area (Å²) >= 11 is 3.17. The minimum absolute atomic E-state index is 0.231. The molecule has 0 atom stereocenters. The second-order valence-corrected chi connectivity index (χ2v) is 3.85. The van der Waals surface area contributed by atoms with Gasteiger partial charge in [0.05, 0.1) is 0 Å². The van der Waals surface area contributed by atoms with Crippen LogP contribution in [0.25, 0.3) is 0 Å². The second-order valence-electron chi connectivity index (χ2n) is 3.05. The number of rotatable bonds is 4. The molecule has 1 rings (SSSR count). The molecule has 0 bridgehead atoms. The lowest BCUT2D eigenvalue weighted by atomic mass is 10.2. The molecular weight excluding hydrogens is 287 g/mol. The van der Waals surface area contributed by atoms with Gasteiger partial charge in [0.1, 0.15) is 0 Å². The van der Waals surface area contributed by atoms with E-state index in [9.17, 15) is 18.0 Å². The standard InChI is InChI=1S/C10H9BrF3NO/c11-2-1-3-15-10(16)6-4-7(12)9(14)8(13)5-6/h4-5H,1-3H2,(H,15,16). The number of hydrogen-bond acceptors (Lipinski definition) is 1. The van der Waals surface area contributed by atoms with E-state index in [2.05, 4.69) is 21.2 Å². The quantitative estimate of drug-likeness (QED) is 0.516. The summed E-state index contributed by atoms with van der Waals surface area (Å²) in [4.78, 5) is 11.4. The van der Waals surface area contributed by atoms with Crippen LogP contribution in [0.15, 0.2) is 12.1 Å². The van der Waals surface area contributed by atoms with E-state index < -0.39 is 23.4 Å². The van der Waals surface area contributed by atoms with Gasteiger partial charge in [-0.3, -0.25) is 4.79 Å². The van der Waals surface area contributed by atoms with Crippen molar-refractivity contribution < 1.29 is 18.0 Å². The summed E-state index contributed by atoms with van der Waals surface area (Å²) in [6.45, 7) is 0.380. The molecule has 0 aliphatic carbocycles. The highest BCUT2D eigenvalue weighted by molar-refractivity contribution is 9.09. The third kappa shape index (κ3) is 3.23. The van der Waals surface area contributed by atoms with E-state index in [1.54, 1.807) is 0 Å². The van der Waals surface area contributed by atoms with Crippen LogP contribution in [0, 0.1) is 17.5 Å². The summed E-state index contributed by atoms with van der Waals surface area (Å²) < 4.78 is 38.2. The maximum absolute atomic E-state index is 12.8. The van der Waals surface area contributed by atoms with Gasteiger partial charge in [-0.1, -0.05) is 15.9 Å². The third-order valence-corrected chi connectivity index (χ3v) is 2.40. The Hall–Kier alpha value is -1.04. The summed E-state index contributed by atoms with van der Waals surface area (Å²) in [7, 11) is 0. The predicted octanol–water partition coefficient (Wildman–Crippen LogP) is 2.62. The molecule has 0 fully saturated rings. The van der Waals surface area contributed by atoms with Gasteiger partial charge in [-0.05, 0) is 18.6 Å². The topological polar surface area (TPSA) is 29.1 Å². The molecule has 0 unspecified atom stereocenters. The Balaban J connectivity index is 2.76. The van der Waals surface area contributed by atoms with Crippen molar-refractivity contribution in [2.24, 2.45) is 0 Å². The highest BCUT2D eigenvalue weighted by atomic mass is 79.9. The van der Waals surface area contributed by atoms with Crippen LogP contribution in [0.5, 0.6) is 0 Å². The van der Waals surface area contributed by atoms with Gasteiger partial charge < -0.3 is 5.32 Å². The first-order valence-electron chi connectivity index (χ1n) is 4.55. The van der Waals surface area contributed by atoms with E-state index in [0.717, 1.165) is 0 Å². The molecule has 1 aromatic carbocycles. The summed E-state index contributed by atoms with van der Waals surface area (Å²) in [5.74, 6) is -4.94. The van der Waals surface area contributed by atoms with Crippen molar-refractivity contribution in [1.29, 1.82) is 0 Å². The fourth-order valence-corrected chi connectivity index (χ4v) is 1.34. The fraction of sp³-hybridized carbons (Fsp3) is 0.300. The van der Waals surface area contributed by atoms with Crippen LogP contribution < -0.4 is 5.32 Å². The first kappa shape index (κ1) is 13.0. The summed E-state index contributed by atoms with van der Waals surface area (Å²) in [5, 5.41) is 3.16. The maximum Gasteiger partial charge on any atom is 0.251 e. The predicted molar refractivity (Wildman–Crippen MR) is 57.1 cm³/mol. The molecular formula is C10H9BrF3NO. The average Bonchev–Trinajstić information content (AvgIpc) is 2.25. The Kier molecular flexibility index (Phi) is 4.79. The Bertz CT molecular complexity index is 375. The molecule has 0 spiro atoms. The largest absolute Gasteiger partial charge is 0.352 e. The maximum atomic E-state index is 12.8. The van der Waals surface area contributed by atoms with Gasteiger partial charge in [0.2, 0.25) is 0 Å². The number of benzene rings is 1. The Labute approximate surface area is 99.0 Å². The van der Waals surface area contributed by atoms with Crippen molar-refractivity contribution >= 4 is 21.8 Å². The zero-order valence-corrected chi connectivity index (χ0v) is 9.78. The van der Waals surface area contributed by atoms with Crippen LogP contribution in [0.2, 0.25) is 0 Å². The van der Waals surface area contributed by atoms with Crippen molar-refractivity contribution in [3.05, 3.63) is 35.1 Å². The number of halogens is 4. The SMILES string of the molecule is O=C(NCCCBr)c1cc(F)c(F)c(F)c1. The van der Waals surface area contributed by atoms with Gasteiger partial charge >= 0.3 is 0 Å². The highest BCUT2D eigenvalue weighted by Gasteiger charge is 2.14. The second kappa shape index (κ2) is 5.89. The van der Waals surface area contributed by atoms with Gasteiger partial charge in [-0.15, -0.1) is 0 Å². The van der Waals surface area contributed by atoms with E-state index >= 15 is 0 Å². The molecule has 6 heteroatoms.